The number of hydrogen-bond donors (Lipinski definition) is 1. The Morgan fingerprint density at radius 3 is 2.59 bits per heavy atom. The van der Waals surface area contributed by atoms with Gasteiger partial charge in [0, 0.05) is 16.0 Å². The van der Waals surface area contributed by atoms with Crippen LogP contribution in [0.5, 0.6) is 5.75 Å². The van der Waals surface area contributed by atoms with Gasteiger partial charge in [-0.15, -0.1) is 11.3 Å². The van der Waals surface area contributed by atoms with Crippen molar-refractivity contribution in [2.45, 2.75) is 13.5 Å². The molecule has 0 aliphatic carbocycles. The van der Waals surface area contributed by atoms with Crippen molar-refractivity contribution in [3.05, 3.63) is 104 Å². The number of para-hydroxylation sites is 1. The van der Waals surface area contributed by atoms with Crippen molar-refractivity contribution >= 4 is 23.5 Å². The van der Waals surface area contributed by atoms with Crippen LogP contribution in [0.4, 0.5) is 0 Å². The first kappa shape index (κ1) is 18.9. The predicted octanol–water partition coefficient (Wildman–Crippen LogP) is 5.56. The quantitative estimate of drug-likeness (QED) is 0.461. The minimum atomic E-state index is -0.226. The van der Waals surface area contributed by atoms with Crippen molar-refractivity contribution in [3.8, 4) is 16.9 Å². The third kappa shape index (κ3) is 4.36. The van der Waals surface area contributed by atoms with Gasteiger partial charge in [0.15, 0.2) is 0 Å². The van der Waals surface area contributed by atoms with Crippen LogP contribution in [0.15, 0.2) is 76.9 Å². The summed E-state index contributed by atoms with van der Waals surface area (Å²) in [6, 6.07) is 21.8. The molecule has 0 aliphatic rings. The van der Waals surface area contributed by atoms with Crippen LogP contribution in [0, 0.1) is 6.92 Å². The molecule has 0 aliphatic heterocycles. The fourth-order valence-electron chi connectivity index (χ4n) is 3.14. The number of aromatic nitrogens is 2. The van der Waals surface area contributed by atoms with Crippen molar-refractivity contribution in [1.29, 1.82) is 0 Å². The van der Waals surface area contributed by atoms with E-state index in [0.717, 1.165) is 33.0 Å². The topological polar surface area (TPSA) is 55.0 Å². The summed E-state index contributed by atoms with van der Waals surface area (Å²) in [5.74, 6) is 0.720. The maximum Gasteiger partial charge on any atom is 0.272 e. The number of benzene rings is 2. The lowest BCUT2D eigenvalue weighted by molar-refractivity contribution is 0.307. The average Bonchev–Trinajstić information content (AvgIpc) is 3.27. The van der Waals surface area contributed by atoms with Gasteiger partial charge in [-0.2, -0.15) is 5.10 Å². The normalized spacial score (nSPS) is 11.1. The van der Waals surface area contributed by atoms with Crippen LogP contribution in [0.25, 0.3) is 23.3 Å². The summed E-state index contributed by atoms with van der Waals surface area (Å²) in [4.78, 5) is 13.7. The second-order valence-electron chi connectivity index (χ2n) is 6.55. The number of aryl methyl sites for hydroxylation is 1. The highest BCUT2D eigenvalue weighted by atomic mass is 32.1. The smallest absolute Gasteiger partial charge is 0.272 e. The van der Waals surface area contributed by atoms with Gasteiger partial charge in [0.25, 0.3) is 5.56 Å². The van der Waals surface area contributed by atoms with E-state index in [4.69, 9.17) is 4.74 Å². The summed E-state index contributed by atoms with van der Waals surface area (Å²) in [5.41, 5.74) is 3.81. The Balaban J connectivity index is 1.75. The van der Waals surface area contributed by atoms with E-state index in [1.807, 2.05) is 91.2 Å². The maximum absolute atomic E-state index is 12.6. The zero-order valence-corrected chi connectivity index (χ0v) is 16.8. The SMILES string of the molecule is Cc1n[nH]c(=O)c(/C=C/c2cccs2)c1-c1ccccc1OCc1ccccc1. The molecule has 144 valence electrons. The van der Waals surface area contributed by atoms with Crippen molar-refractivity contribution in [2.24, 2.45) is 0 Å². The van der Waals surface area contributed by atoms with Crippen molar-refractivity contribution < 1.29 is 4.74 Å². The highest BCUT2D eigenvalue weighted by Crippen LogP contribution is 2.34. The molecule has 0 fully saturated rings. The molecule has 0 amide bonds. The molecule has 29 heavy (non-hydrogen) atoms. The van der Waals surface area contributed by atoms with Gasteiger partial charge in [-0.25, -0.2) is 5.10 Å². The monoisotopic (exact) mass is 400 g/mol. The molecule has 0 bridgehead atoms. The molecule has 0 radical (unpaired) electrons. The van der Waals surface area contributed by atoms with Gasteiger partial charge < -0.3 is 4.74 Å². The minimum absolute atomic E-state index is 0.226. The molecule has 4 nitrogen and oxygen atoms in total. The summed E-state index contributed by atoms with van der Waals surface area (Å²) in [5, 5.41) is 8.80. The summed E-state index contributed by atoms with van der Waals surface area (Å²) in [7, 11) is 0. The van der Waals surface area contributed by atoms with E-state index in [0.29, 0.717) is 12.2 Å². The van der Waals surface area contributed by atoms with E-state index in [9.17, 15) is 4.79 Å². The zero-order chi connectivity index (χ0) is 20.1. The van der Waals surface area contributed by atoms with Crippen molar-refractivity contribution in [1.82, 2.24) is 10.2 Å². The maximum atomic E-state index is 12.6. The van der Waals surface area contributed by atoms with Crippen LogP contribution < -0.4 is 10.3 Å². The zero-order valence-electron chi connectivity index (χ0n) is 16.0. The average molecular weight is 401 g/mol. The van der Waals surface area contributed by atoms with Crippen LogP contribution >= 0.6 is 11.3 Å². The minimum Gasteiger partial charge on any atom is -0.488 e. The fourth-order valence-corrected chi connectivity index (χ4v) is 3.76. The Labute approximate surface area is 173 Å². The number of ether oxygens (including phenoxy) is 1. The van der Waals surface area contributed by atoms with Crippen LogP contribution in [-0.4, -0.2) is 10.2 Å². The molecule has 5 heteroatoms. The highest BCUT2D eigenvalue weighted by molar-refractivity contribution is 7.10. The van der Waals surface area contributed by atoms with Gasteiger partial charge >= 0.3 is 0 Å². The molecule has 0 atom stereocenters. The number of H-pyrrole nitrogens is 1. The molecule has 1 N–H and O–H groups in total. The molecule has 4 rings (SSSR count). The predicted molar refractivity (Wildman–Crippen MR) is 119 cm³/mol. The molecule has 0 saturated heterocycles. The van der Waals surface area contributed by atoms with Crippen LogP contribution in [0.3, 0.4) is 0 Å². The Hall–Kier alpha value is -3.44. The number of aromatic amines is 1. The number of nitrogens with one attached hydrogen (secondary N) is 1. The standard InChI is InChI=1S/C24H20N2O2S/c1-17-23(21(24(27)26-25-17)14-13-19-10-7-15-29-19)20-11-5-6-12-22(20)28-16-18-8-3-2-4-9-18/h2-15H,16H2,1H3,(H,26,27)/b14-13+. The fraction of sp³-hybridized carbons (Fsp3) is 0.0833. The second-order valence-corrected chi connectivity index (χ2v) is 7.53. The number of nitrogens with zero attached hydrogens (tertiary/aromatic N) is 1. The van der Waals surface area contributed by atoms with Gasteiger partial charge in [0.05, 0.1) is 11.3 Å². The summed E-state index contributed by atoms with van der Waals surface area (Å²) in [6.07, 6.45) is 3.80. The lowest BCUT2D eigenvalue weighted by Crippen LogP contribution is -2.15. The van der Waals surface area contributed by atoms with Gasteiger partial charge in [-0.1, -0.05) is 54.6 Å². The van der Waals surface area contributed by atoms with Crippen molar-refractivity contribution in [3.63, 3.8) is 0 Å². The molecular weight excluding hydrogens is 380 g/mol. The molecule has 0 spiro atoms. The number of thiophene rings is 1. The van der Waals surface area contributed by atoms with E-state index in [1.54, 1.807) is 11.3 Å². The summed E-state index contributed by atoms with van der Waals surface area (Å²) >= 11 is 1.62. The number of rotatable bonds is 6. The molecule has 0 saturated carbocycles. The van der Waals surface area contributed by atoms with E-state index < -0.39 is 0 Å². The Morgan fingerprint density at radius 2 is 1.79 bits per heavy atom. The first-order chi connectivity index (χ1) is 14.2. The van der Waals surface area contributed by atoms with E-state index >= 15 is 0 Å². The lowest BCUT2D eigenvalue weighted by Gasteiger charge is -2.14. The molecule has 2 aromatic carbocycles. The van der Waals surface area contributed by atoms with E-state index in [-0.39, 0.29) is 5.56 Å². The first-order valence-electron chi connectivity index (χ1n) is 9.29. The Kier molecular flexibility index (Phi) is 5.68. The second kappa shape index (κ2) is 8.71. The van der Waals surface area contributed by atoms with E-state index in [1.165, 1.54) is 0 Å². The first-order valence-corrected chi connectivity index (χ1v) is 10.2. The summed E-state index contributed by atoms with van der Waals surface area (Å²) < 4.78 is 6.12. The number of hydrogen-bond acceptors (Lipinski definition) is 4. The van der Waals surface area contributed by atoms with Crippen LogP contribution in [0.1, 0.15) is 21.7 Å². The van der Waals surface area contributed by atoms with Gasteiger partial charge in [-0.05, 0) is 42.2 Å². The molecule has 2 heterocycles. The molecular formula is C24H20N2O2S. The molecule has 2 aromatic heterocycles. The third-order valence-electron chi connectivity index (χ3n) is 4.55. The molecule has 4 aromatic rings. The molecule has 0 unspecified atom stereocenters. The summed E-state index contributed by atoms with van der Waals surface area (Å²) in [6.45, 7) is 2.34. The largest absolute Gasteiger partial charge is 0.488 e. The lowest BCUT2D eigenvalue weighted by atomic mass is 9.98. The van der Waals surface area contributed by atoms with Crippen molar-refractivity contribution in [2.75, 3.05) is 0 Å². The van der Waals surface area contributed by atoms with Gasteiger partial charge in [0.1, 0.15) is 12.4 Å². The van der Waals surface area contributed by atoms with Crippen LogP contribution in [-0.2, 0) is 6.61 Å². The van der Waals surface area contributed by atoms with Gasteiger partial charge in [0.2, 0.25) is 0 Å². The highest BCUT2D eigenvalue weighted by Gasteiger charge is 2.16. The Bertz CT molecular complexity index is 1180. The third-order valence-corrected chi connectivity index (χ3v) is 5.39. The Morgan fingerprint density at radius 1 is 1.00 bits per heavy atom. The van der Waals surface area contributed by atoms with E-state index in [2.05, 4.69) is 10.2 Å². The van der Waals surface area contributed by atoms with Crippen LogP contribution in [0.2, 0.25) is 0 Å². The van der Waals surface area contributed by atoms with Gasteiger partial charge in [-0.3, -0.25) is 4.79 Å².